The number of amides is 1. The van der Waals surface area contributed by atoms with E-state index in [1.807, 2.05) is 20.8 Å². The molecule has 0 heterocycles. The first kappa shape index (κ1) is 16.1. The molecule has 17 heavy (non-hydrogen) atoms. The number of carbonyl (C=O) groups is 1. The molecule has 0 aromatic carbocycles. The first-order valence-electron chi connectivity index (χ1n) is 5.49. The Hall–Kier alpha value is -0.850. The third kappa shape index (κ3) is 10.0. The summed E-state index contributed by atoms with van der Waals surface area (Å²) in [6.07, 6.45) is -0.826. The number of carbonyl (C=O) groups excluding carboxylic acids is 1. The second-order valence-corrected chi connectivity index (χ2v) is 4.40. The van der Waals surface area contributed by atoms with E-state index in [1.165, 1.54) is 14.2 Å². The largest absolute Gasteiger partial charge is 0.444 e. The third-order valence-electron chi connectivity index (χ3n) is 1.69. The highest BCUT2D eigenvalue weighted by atomic mass is 16.7. The summed E-state index contributed by atoms with van der Waals surface area (Å²) in [6, 6.07) is 0. The van der Waals surface area contributed by atoms with Crippen LogP contribution in [0.25, 0.3) is 0 Å². The average Bonchev–Trinajstić information content (AvgIpc) is 2.21. The van der Waals surface area contributed by atoms with E-state index >= 15 is 0 Å². The normalized spacial score (nSPS) is 11.6. The predicted molar refractivity (Wildman–Crippen MR) is 62.9 cm³/mol. The Morgan fingerprint density at radius 2 is 1.82 bits per heavy atom. The highest BCUT2D eigenvalue weighted by molar-refractivity contribution is 5.67. The number of hydrogen-bond acceptors (Lipinski definition) is 5. The fourth-order valence-electron chi connectivity index (χ4n) is 0.951. The maximum Gasteiger partial charge on any atom is 0.407 e. The molecular weight excluding hydrogens is 226 g/mol. The molecule has 0 unspecified atom stereocenters. The third-order valence-corrected chi connectivity index (χ3v) is 1.69. The molecule has 0 aromatic rings. The van der Waals surface area contributed by atoms with E-state index in [9.17, 15) is 4.79 Å². The van der Waals surface area contributed by atoms with E-state index in [1.54, 1.807) is 0 Å². The van der Waals surface area contributed by atoms with Crippen molar-refractivity contribution in [1.29, 1.82) is 0 Å². The Kier molecular flexibility index (Phi) is 7.86. The number of nitrogens with one attached hydrogen (secondary N) is 1. The van der Waals surface area contributed by atoms with Gasteiger partial charge >= 0.3 is 6.09 Å². The number of alkyl carbamates (subject to hydrolysis) is 1. The molecule has 102 valence electrons. The Morgan fingerprint density at radius 3 is 2.29 bits per heavy atom. The van der Waals surface area contributed by atoms with Crippen LogP contribution in [0.2, 0.25) is 0 Å². The van der Waals surface area contributed by atoms with Crippen molar-refractivity contribution in [3.8, 4) is 0 Å². The molecule has 0 atom stereocenters. The maximum atomic E-state index is 11.2. The lowest BCUT2D eigenvalue weighted by Gasteiger charge is -2.19. The van der Waals surface area contributed by atoms with E-state index in [0.717, 1.165) is 0 Å². The van der Waals surface area contributed by atoms with Crippen molar-refractivity contribution >= 4 is 6.09 Å². The summed E-state index contributed by atoms with van der Waals surface area (Å²) in [5.74, 6) is 0. The second-order valence-electron chi connectivity index (χ2n) is 4.40. The summed E-state index contributed by atoms with van der Waals surface area (Å²) in [5, 5.41) is 2.58. The fourth-order valence-corrected chi connectivity index (χ4v) is 0.951. The molecule has 0 rings (SSSR count). The molecule has 0 aliphatic rings. The van der Waals surface area contributed by atoms with Gasteiger partial charge in [-0.25, -0.2) is 4.79 Å². The number of hydrogen-bond donors (Lipinski definition) is 1. The molecule has 6 nitrogen and oxygen atoms in total. The van der Waals surface area contributed by atoms with Gasteiger partial charge in [-0.15, -0.1) is 0 Å². The molecule has 0 saturated heterocycles. The zero-order valence-corrected chi connectivity index (χ0v) is 11.2. The van der Waals surface area contributed by atoms with E-state index in [0.29, 0.717) is 19.8 Å². The molecule has 6 heteroatoms. The topological polar surface area (TPSA) is 66.0 Å². The van der Waals surface area contributed by atoms with Gasteiger partial charge in [0.2, 0.25) is 0 Å². The standard InChI is InChI=1S/C11H23NO5/c1-11(2,3)17-10(13)12-6-7-16-8-9(14-4)15-5/h9H,6-8H2,1-5H3,(H,12,13). The van der Waals surface area contributed by atoms with Crippen molar-refractivity contribution in [1.82, 2.24) is 5.32 Å². The van der Waals surface area contributed by atoms with Gasteiger partial charge in [0.25, 0.3) is 0 Å². The molecule has 0 aliphatic heterocycles. The van der Waals surface area contributed by atoms with Crippen molar-refractivity contribution in [2.45, 2.75) is 32.7 Å². The van der Waals surface area contributed by atoms with Crippen LogP contribution in [0.5, 0.6) is 0 Å². The highest BCUT2D eigenvalue weighted by Crippen LogP contribution is 2.06. The summed E-state index contributed by atoms with van der Waals surface area (Å²) in [7, 11) is 3.08. The van der Waals surface area contributed by atoms with Crippen LogP contribution < -0.4 is 5.32 Å². The van der Waals surface area contributed by atoms with Gasteiger partial charge in [0.05, 0.1) is 13.2 Å². The zero-order chi connectivity index (χ0) is 13.3. The van der Waals surface area contributed by atoms with Crippen molar-refractivity contribution in [3.63, 3.8) is 0 Å². The SMILES string of the molecule is COC(COCCNC(=O)OC(C)(C)C)OC. The molecule has 0 saturated carbocycles. The first-order chi connectivity index (χ1) is 7.89. The Labute approximate surface area is 103 Å². The number of rotatable bonds is 7. The maximum absolute atomic E-state index is 11.2. The average molecular weight is 249 g/mol. The molecule has 1 N–H and O–H groups in total. The van der Waals surface area contributed by atoms with Crippen LogP contribution in [0, 0.1) is 0 Å². The molecular formula is C11H23NO5. The van der Waals surface area contributed by atoms with E-state index in [2.05, 4.69) is 5.32 Å². The van der Waals surface area contributed by atoms with Gasteiger partial charge in [-0.3, -0.25) is 0 Å². The molecule has 0 aromatic heterocycles. The lowest BCUT2D eigenvalue weighted by molar-refractivity contribution is -0.139. The minimum atomic E-state index is -0.484. The van der Waals surface area contributed by atoms with Crippen LogP contribution >= 0.6 is 0 Å². The Balaban J connectivity index is 3.49. The van der Waals surface area contributed by atoms with E-state index in [4.69, 9.17) is 18.9 Å². The van der Waals surface area contributed by atoms with E-state index < -0.39 is 11.7 Å². The van der Waals surface area contributed by atoms with Gasteiger partial charge in [0.15, 0.2) is 6.29 Å². The second kappa shape index (κ2) is 8.27. The Morgan fingerprint density at radius 1 is 1.24 bits per heavy atom. The lowest BCUT2D eigenvalue weighted by atomic mass is 10.2. The molecule has 0 radical (unpaired) electrons. The van der Waals surface area contributed by atoms with Crippen LogP contribution in [-0.2, 0) is 18.9 Å². The van der Waals surface area contributed by atoms with E-state index in [-0.39, 0.29) is 6.29 Å². The van der Waals surface area contributed by atoms with Gasteiger partial charge in [0, 0.05) is 20.8 Å². The lowest BCUT2D eigenvalue weighted by Crippen LogP contribution is -2.34. The number of ether oxygens (including phenoxy) is 4. The number of methoxy groups -OCH3 is 2. The fraction of sp³-hybridized carbons (Fsp3) is 0.909. The van der Waals surface area contributed by atoms with Crippen molar-refractivity contribution < 1.29 is 23.7 Å². The zero-order valence-electron chi connectivity index (χ0n) is 11.2. The van der Waals surface area contributed by atoms with Crippen LogP contribution in [0.1, 0.15) is 20.8 Å². The van der Waals surface area contributed by atoms with Crippen LogP contribution in [0.4, 0.5) is 4.79 Å². The predicted octanol–water partition coefficient (Wildman–Crippen LogP) is 1.15. The molecule has 0 aliphatic carbocycles. The summed E-state index contributed by atoms with van der Waals surface area (Å²) >= 11 is 0. The van der Waals surface area contributed by atoms with Gasteiger partial charge < -0.3 is 24.3 Å². The quantitative estimate of drug-likeness (QED) is 0.541. The smallest absolute Gasteiger partial charge is 0.407 e. The van der Waals surface area contributed by atoms with Crippen molar-refractivity contribution in [3.05, 3.63) is 0 Å². The Bertz CT molecular complexity index is 210. The first-order valence-corrected chi connectivity index (χ1v) is 5.49. The summed E-state index contributed by atoms with van der Waals surface area (Å²) < 4.78 is 20.2. The summed E-state index contributed by atoms with van der Waals surface area (Å²) in [5.41, 5.74) is -0.484. The van der Waals surface area contributed by atoms with Gasteiger partial charge in [-0.1, -0.05) is 0 Å². The monoisotopic (exact) mass is 249 g/mol. The molecule has 0 fully saturated rings. The van der Waals surface area contributed by atoms with Crippen LogP contribution in [-0.4, -0.2) is 52.0 Å². The molecule has 1 amide bonds. The van der Waals surface area contributed by atoms with Gasteiger partial charge in [-0.05, 0) is 20.8 Å². The molecule has 0 spiro atoms. The van der Waals surface area contributed by atoms with Gasteiger partial charge in [-0.2, -0.15) is 0 Å². The van der Waals surface area contributed by atoms with Crippen molar-refractivity contribution in [2.24, 2.45) is 0 Å². The highest BCUT2D eigenvalue weighted by Gasteiger charge is 2.15. The van der Waals surface area contributed by atoms with Crippen LogP contribution in [0.3, 0.4) is 0 Å². The summed E-state index contributed by atoms with van der Waals surface area (Å²) in [6.45, 7) is 6.51. The summed E-state index contributed by atoms with van der Waals surface area (Å²) in [4.78, 5) is 11.2. The molecule has 0 bridgehead atoms. The minimum Gasteiger partial charge on any atom is -0.444 e. The van der Waals surface area contributed by atoms with Crippen molar-refractivity contribution in [2.75, 3.05) is 34.0 Å². The minimum absolute atomic E-state index is 0.322. The van der Waals surface area contributed by atoms with Crippen LogP contribution in [0.15, 0.2) is 0 Å². The van der Waals surface area contributed by atoms with Gasteiger partial charge in [0.1, 0.15) is 5.60 Å².